The van der Waals surface area contributed by atoms with Crippen molar-refractivity contribution in [1.82, 2.24) is 4.90 Å². The van der Waals surface area contributed by atoms with E-state index in [0.717, 1.165) is 31.6 Å². The molecule has 1 saturated heterocycles. The molecule has 1 fully saturated rings. The molecule has 1 N–H and O–H groups in total. The van der Waals surface area contributed by atoms with E-state index >= 15 is 0 Å². The van der Waals surface area contributed by atoms with Crippen molar-refractivity contribution in [2.75, 3.05) is 18.4 Å². The van der Waals surface area contributed by atoms with Crippen molar-refractivity contribution in [3.63, 3.8) is 0 Å². The first-order valence-corrected chi connectivity index (χ1v) is 6.74. The molecular weight excluding hydrogens is 244 g/mol. The fourth-order valence-corrected chi connectivity index (χ4v) is 2.30. The number of likely N-dealkylation sites (tertiary alicyclic amines) is 1. The maximum atomic E-state index is 12.0. The average molecular weight is 262 g/mol. The first-order chi connectivity index (χ1) is 8.66. The molecule has 0 spiro atoms. The zero-order valence-electron chi connectivity index (χ0n) is 10.6. The molecule has 1 aliphatic heterocycles. The van der Waals surface area contributed by atoms with Crippen molar-refractivity contribution >= 4 is 28.8 Å². The summed E-state index contributed by atoms with van der Waals surface area (Å²) >= 11 is 5.24. The molecule has 0 unspecified atom stereocenters. The minimum absolute atomic E-state index is 0.171. The lowest BCUT2D eigenvalue weighted by Gasteiger charge is -2.28. The minimum Gasteiger partial charge on any atom is -0.358 e. The van der Waals surface area contributed by atoms with E-state index in [1.807, 2.05) is 36.1 Å². The minimum atomic E-state index is -0.171. The molecule has 18 heavy (non-hydrogen) atoms. The Hall–Kier alpha value is -1.42. The number of hydrogen-bond acceptors (Lipinski definition) is 2. The summed E-state index contributed by atoms with van der Waals surface area (Å²) in [5.74, 6) is -0.171. The van der Waals surface area contributed by atoms with Gasteiger partial charge in [0.2, 0.25) is 0 Å². The zero-order chi connectivity index (χ0) is 13.0. The fraction of sp³-hybridized carbons (Fsp3) is 0.429. The van der Waals surface area contributed by atoms with Gasteiger partial charge in [0.05, 0.1) is 0 Å². The highest BCUT2D eigenvalue weighted by molar-refractivity contribution is 7.82. The van der Waals surface area contributed by atoms with Gasteiger partial charge in [-0.05, 0) is 38.3 Å². The largest absolute Gasteiger partial charge is 0.358 e. The van der Waals surface area contributed by atoms with Crippen molar-refractivity contribution in [3.8, 4) is 0 Å². The van der Waals surface area contributed by atoms with Crippen molar-refractivity contribution in [3.05, 3.63) is 29.8 Å². The van der Waals surface area contributed by atoms with Gasteiger partial charge in [-0.2, -0.15) is 0 Å². The van der Waals surface area contributed by atoms with Gasteiger partial charge < -0.3 is 10.2 Å². The molecule has 0 bridgehead atoms. The van der Waals surface area contributed by atoms with Crippen LogP contribution in [0.15, 0.2) is 24.3 Å². The summed E-state index contributed by atoms with van der Waals surface area (Å²) in [6.07, 6.45) is 3.48. The molecule has 96 valence electrons. The number of nitrogens with zero attached hydrogens (tertiary/aromatic N) is 1. The second-order valence-electron chi connectivity index (χ2n) is 4.67. The van der Waals surface area contributed by atoms with Gasteiger partial charge in [-0.1, -0.05) is 29.9 Å². The highest BCUT2D eigenvalue weighted by Gasteiger charge is 2.19. The van der Waals surface area contributed by atoms with E-state index in [-0.39, 0.29) is 5.91 Å². The smallest absolute Gasteiger partial charge is 0.283 e. The SMILES string of the molecule is Cc1ccc(NC(=O)C(=S)N2CCCCC2)cc1. The highest BCUT2D eigenvalue weighted by Crippen LogP contribution is 2.12. The van der Waals surface area contributed by atoms with Crippen molar-refractivity contribution < 1.29 is 4.79 Å². The second kappa shape index (κ2) is 5.96. The second-order valence-corrected chi connectivity index (χ2v) is 5.06. The van der Waals surface area contributed by atoms with Crippen LogP contribution < -0.4 is 5.32 Å². The predicted molar refractivity (Wildman–Crippen MR) is 77.8 cm³/mol. The Balaban J connectivity index is 1.94. The number of benzene rings is 1. The highest BCUT2D eigenvalue weighted by atomic mass is 32.1. The number of anilines is 1. The summed E-state index contributed by atoms with van der Waals surface area (Å²) in [7, 11) is 0. The van der Waals surface area contributed by atoms with E-state index < -0.39 is 0 Å². The van der Waals surface area contributed by atoms with Crippen LogP contribution in [0.3, 0.4) is 0 Å². The number of carbonyl (C=O) groups excluding carboxylic acids is 1. The van der Waals surface area contributed by atoms with Gasteiger partial charge in [-0.3, -0.25) is 4.79 Å². The third kappa shape index (κ3) is 3.29. The quantitative estimate of drug-likeness (QED) is 0.790. The van der Waals surface area contributed by atoms with E-state index in [4.69, 9.17) is 12.2 Å². The Morgan fingerprint density at radius 2 is 1.78 bits per heavy atom. The summed E-state index contributed by atoms with van der Waals surface area (Å²) in [5.41, 5.74) is 1.97. The molecule has 1 heterocycles. The topological polar surface area (TPSA) is 32.3 Å². The van der Waals surface area contributed by atoms with Crippen molar-refractivity contribution in [2.24, 2.45) is 0 Å². The molecule has 2 rings (SSSR count). The van der Waals surface area contributed by atoms with Crippen LogP contribution in [0.4, 0.5) is 5.69 Å². The Kier molecular flexibility index (Phi) is 4.31. The molecule has 1 aromatic rings. The number of aryl methyl sites for hydroxylation is 1. The molecule has 0 saturated carbocycles. The van der Waals surface area contributed by atoms with Gasteiger partial charge >= 0.3 is 0 Å². The Morgan fingerprint density at radius 1 is 1.17 bits per heavy atom. The molecule has 0 radical (unpaired) electrons. The monoisotopic (exact) mass is 262 g/mol. The van der Waals surface area contributed by atoms with E-state index in [1.54, 1.807) is 0 Å². The number of amides is 1. The molecule has 3 nitrogen and oxygen atoms in total. The summed E-state index contributed by atoms with van der Waals surface area (Å²) in [6, 6.07) is 7.73. The number of nitrogens with one attached hydrogen (secondary N) is 1. The van der Waals surface area contributed by atoms with Crippen LogP contribution in [-0.4, -0.2) is 28.9 Å². The van der Waals surface area contributed by atoms with Crippen LogP contribution in [0, 0.1) is 6.92 Å². The van der Waals surface area contributed by atoms with Crippen molar-refractivity contribution in [1.29, 1.82) is 0 Å². The van der Waals surface area contributed by atoms with E-state index in [1.165, 1.54) is 12.0 Å². The molecule has 0 atom stereocenters. The lowest BCUT2D eigenvalue weighted by atomic mass is 10.1. The standard InChI is InChI=1S/C14H18N2OS/c1-11-5-7-12(8-6-11)15-13(17)14(18)16-9-3-2-4-10-16/h5-8H,2-4,9-10H2,1H3,(H,15,17). The third-order valence-corrected chi connectivity index (χ3v) is 3.59. The number of rotatable bonds is 1. The summed E-state index contributed by atoms with van der Waals surface area (Å²) in [5, 5.41) is 2.84. The normalized spacial score (nSPS) is 15.3. The maximum Gasteiger partial charge on any atom is 0.283 e. The fourth-order valence-electron chi connectivity index (χ4n) is 2.06. The Labute approximate surface area is 113 Å². The average Bonchev–Trinajstić information content (AvgIpc) is 2.41. The van der Waals surface area contributed by atoms with Gasteiger partial charge in [0.15, 0.2) is 4.99 Å². The summed E-state index contributed by atoms with van der Waals surface area (Å²) in [6.45, 7) is 3.82. The van der Waals surface area contributed by atoms with Crippen LogP contribution >= 0.6 is 12.2 Å². The first-order valence-electron chi connectivity index (χ1n) is 6.34. The van der Waals surface area contributed by atoms with E-state index in [2.05, 4.69) is 5.32 Å². The number of thiocarbonyl (C=S) groups is 1. The van der Waals surface area contributed by atoms with Crippen LogP contribution in [0.2, 0.25) is 0 Å². The molecule has 0 aliphatic carbocycles. The molecule has 1 aliphatic rings. The Morgan fingerprint density at radius 3 is 2.39 bits per heavy atom. The zero-order valence-corrected chi connectivity index (χ0v) is 11.4. The Bertz CT molecular complexity index is 436. The molecular formula is C14H18N2OS. The predicted octanol–water partition coefficient (Wildman–Crippen LogP) is 2.75. The van der Waals surface area contributed by atoms with Crippen LogP contribution in [-0.2, 0) is 4.79 Å². The molecule has 1 amide bonds. The molecule has 4 heteroatoms. The van der Waals surface area contributed by atoms with Gasteiger partial charge in [-0.15, -0.1) is 0 Å². The van der Waals surface area contributed by atoms with Gasteiger partial charge in [0.25, 0.3) is 5.91 Å². The third-order valence-electron chi connectivity index (χ3n) is 3.15. The van der Waals surface area contributed by atoms with Gasteiger partial charge in [0.1, 0.15) is 0 Å². The summed E-state index contributed by atoms with van der Waals surface area (Å²) in [4.78, 5) is 14.4. The lowest BCUT2D eigenvalue weighted by Crippen LogP contribution is -2.41. The number of hydrogen-bond donors (Lipinski definition) is 1. The molecule has 1 aromatic carbocycles. The summed E-state index contributed by atoms with van der Waals surface area (Å²) < 4.78 is 0. The number of carbonyl (C=O) groups is 1. The van der Waals surface area contributed by atoms with Crippen LogP contribution in [0.1, 0.15) is 24.8 Å². The van der Waals surface area contributed by atoms with Gasteiger partial charge in [-0.25, -0.2) is 0 Å². The maximum absolute atomic E-state index is 12.0. The first kappa shape index (κ1) is 13.0. The van der Waals surface area contributed by atoms with E-state index in [9.17, 15) is 4.79 Å². The lowest BCUT2D eigenvalue weighted by molar-refractivity contribution is -0.110. The molecule has 0 aromatic heterocycles. The number of piperidine rings is 1. The van der Waals surface area contributed by atoms with Crippen LogP contribution in [0.25, 0.3) is 0 Å². The van der Waals surface area contributed by atoms with Gasteiger partial charge in [0, 0.05) is 18.8 Å². The van der Waals surface area contributed by atoms with E-state index in [0.29, 0.717) is 4.99 Å². The van der Waals surface area contributed by atoms with Crippen molar-refractivity contribution in [2.45, 2.75) is 26.2 Å². The van der Waals surface area contributed by atoms with Crippen LogP contribution in [0.5, 0.6) is 0 Å².